The van der Waals surface area contributed by atoms with E-state index in [9.17, 15) is 5.11 Å². The molecule has 84 valence electrons. The molecule has 0 fully saturated rings. The van der Waals surface area contributed by atoms with Gasteiger partial charge in [0, 0.05) is 33.4 Å². The van der Waals surface area contributed by atoms with Gasteiger partial charge in [-0.1, -0.05) is 0 Å². The Morgan fingerprint density at radius 2 is 2.12 bits per heavy atom. The van der Waals surface area contributed by atoms with E-state index in [-0.39, 0.29) is 0 Å². The monoisotopic (exact) mass is 234 g/mol. The molecule has 2 aromatic rings. The van der Waals surface area contributed by atoms with Gasteiger partial charge in [0.25, 0.3) is 0 Å². The van der Waals surface area contributed by atoms with Crippen LogP contribution in [0.3, 0.4) is 0 Å². The topological polar surface area (TPSA) is 59.1 Å². The number of anilines is 1. The van der Waals surface area contributed by atoms with Crippen LogP contribution in [0.1, 0.15) is 22.2 Å². The number of thiophene rings is 1. The van der Waals surface area contributed by atoms with Gasteiger partial charge in [0.1, 0.15) is 5.60 Å². The summed E-state index contributed by atoms with van der Waals surface area (Å²) in [5.41, 5.74) is 5.99. The number of nitrogen functional groups attached to an aromatic ring is 1. The molecule has 0 spiro atoms. The second-order valence-corrected chi connectivity index (χ2v) is 5.23. The minimum atomic E-state index is -1.07. The van der Waals surface area contributed by atoms with Gasteiger partial charge in [-0.05, 0) is 32.0 Å². The number of nitrogens with zero attached hydrogens (tertiary/aromatic N) is 1. The highest BCUT2D eigenvalue weighted by Crippen LogP contribution is 2.35. The van der Waals surface area contributed by atoms with Gasteiger partial charge in [-0.25, -0.2) is 0 Å². The van der Waals surface area contributed by atoms with E-state index in [4.69, 9.17) is 5.73 Å². The minimum Gasteiger partial charge on any atom is -0.398 e. The lowest BCUT2D eigenvalue weighted by Gasteiger charge is -2.23. The molecule has 4 heteroatoms. The van der Waals surface area contributed by atoms with Crippen LogP contribution in [0, 0.1) is 6.92 Å². The summed E-state index contributed by atoms with van der Waals surface area (Å²) in [5, 5.41) is 10.5. The first-order chi connectivity index (χ1) is 7.51. The lowest BCUT2D eigenvalue weighted by molar-refractivity contribution is 0.107. The van der Waals surface area contributed by atoms with Crippen LogP contribution >= 0.6 is 11.3 Å². The van der Waals surface area contributed by atoms with Crippen LogP contribution in [0.2, 0.25) is 0 Å². The Kier molecular flexibility index (Phi) is 2.69. The van der Waals surface area contributed by atoms with E-state index in [0.29, 0.717) is 11.3 Å². The summed E-state index contributed by atoms with van der Waals surface area (Å²) >= 11 is 1.56. The zero-order valence-electron chi connectivity index (χ0n) is 9.27. The molecule has 0 saturated heterocycles. The van der Waals surface area contributed by atoms with E-state index in [1.807, 2.05) is 19.1 Å². The second-order valence-electron chi connectivity index (χ2n) is 3.95. The van der Waals surface area contributed by atoms with Crippen LogP contribution in [0.25, 0.3) is 0 Å². The van der Waals surface area contributed by atoms with Crippen LogP contribution in [-0.2, 0) is 5.60 Å². The summed E-state index contributed by atoms with van der Waals surface area (Å²) in [7, 11) is 0. The van der Waals surface area contributed by atoms with E-state index in [1.54, 1.807) is 36.7 Å². The van der Waals surface area contributed by atoms with Crippen molar-refractivity contribution in [3.05, 3.63) is 45.9 Å². The fourth-order valence-corrected chi connectivity index (χ4v) is 2.57. The number of aryl methyl sites for hydroxylation is 1. The molecule has 0 aromatic carbocycles. The number of aliphatic hydroxyl groups is 1. The van der Waals surface area contributed by atoms with E-state index in [1.165, 1.54) is 0 Å². The Morgan fingerprint density at radius 3 is 2.69 bits per heavy atom. The molecule has 1 atom stereocenters. The van der Waals surface area contributed by atoms with Crippen molar-refractivity contribution in [1.82, 2.24) is 4.98 Å². The molecular weight excluding hydrogens is 220 g/mol. The summed E-state index contributed by atoms with van der Waals surface area (Å²) in [4.78, 5) is 6.05. The predicted octanol–water partition coefficient (Wildman–Crippen LogP) is 2.29. The highest BCUT2D eigenvalue weighted by molar-refractivity contribution is 7.12. The molecule has 2 rings (SSSR count). The van der Waals surface area contributed by atoms with Gasteiger partial charge in [-0.15, -0.1) is 11.3 Å². The van der Waals surface area contributed by atoms with E-state index >= 15 is 0 Å². The number of hydrogen-bond donors (Lipinski definition) is 2. The normalized spacial score (nSPS) is 14.7. The summed E-state index contributed by atoms with van der Waals surface area (Å²) in [6.07, 6.45) is 3.24. The molecule has 0 amide bonds. The van der Waals surface area contributed by atoms with Gasteiger partial charge in [0.05, 0.1) is 0 Å². The second kappa shape index (κ2) is 3.88. The maximum atomic E-state index is 10.5. The Bertz CT molecular complexity index is 505. The molecule has 2 heterocycles. The first-order valence-corrected chi connectivity index (χ1v) is 5.82. The average molecular weight is 234 g/mol. The number of pyridine rings is 1. The summed E-state index contributed by atoms with van der Waals surface area (Å²) < 4.78 is 0. The maximum absolute atomic E-state index is 10.5. The SMILES string of the molecule is Cc1ccc(C(C)(O)c2cnccc2N)s1. The quantitative estimate of drug-likeness (QED) is 0.838. The number of aromatic nitrogens is 1. The van der Waals surface area contributed by atoms with E-state index in [0.717, 1.165) is 9.75 Å². The molecule has 0 aliphatic rings. The lowest BCUT2D eigenvalue weighted by Crippen LogP contribution is -2.23. The summed E-state index contributed by atoms with van der Waals surface area (Å²) in [6, 6.07) is 5.61. The van der Waals surface area contributed by atoms with Crippen molar-refractivity contribution < 1.29 is 5.11 Å². The highest BCUT2D eigenvalue weighted by atomic mass is 32.1. The predicted molar refractivity (Wildman–Crippen MR) is 66.4 cm³/mol. The fraction of sp³-hybridized carbons (Fsp3) is 0.250. The Labute approximate surface area is 98.6 Å². The van der Waals surface area contributed by atoms with Gasteiger partial charge >= 0.3 is 0 Å². The third-order valence-electron chi connectivity index (χ3n) is 2.60. The van der Waals surface area contributed by atoms with Crippen LogP contribution in [0.5, 0.6) is 0 Å². The summed E-state index contributed by atoms with van der Waals surface area (Å²) in [5.74, 6) is 0. The van der Waals surface area contributed by atoms with Crippen molar-refractivity contribution in [3.63, 3.8) is 0 Å². The molecule has 1 unspecified atom stereocenters. The maximum Gasteiger partial charge on any atom is 0.124 e. The third kappa shape index (κ3) is 1.81. The molecule has 0 saturated carbocycles. The molecule has 2 aromatic heterocycles. The van der Waals surface area contributed by atoms with Crippen molar-refractivity contribution in [2.75, 3.05) is 5.73 Å². The number of nitrogens with two attached hydrogens (primary N) is 1. The first kappa shape index (κ1) is 11.1. The third-order valence-corrected chi connectivity index (χ3v) is 3.81. The lowest BCUT2D eigenvalue weighted by atomic mass is 9.94. The van der Waals surface area contributed by atoms with E-state index < -0.39 is 5.60 Å². The van der Waals surface area contributed by atoms with Gasteiger partial charge in [0.2, 0.25) is 0 Å². The molecule has 16 heavy (non-hydrogen) atoms. The summed E-state index contributed by atoms with van der Waals surface area (Å²) in [6.45, 7) is 3.75. The van der Waals surface area contributed by atoms with Crippen LogP contribution in [0.15, 0.2) is 30.6 Å². The van der Waals surface area contributed by atoms with Crippen LogP contribution in [-0.4, -0.2) is 10.1 Å². The number of rotatable bonds is 2. The molecule has 3 N–H and O–H groups in total. The largest absolute Gasteiger partial charge is 0.398 e. The van der Waals surface area contributed by atoms with E-state index in [2.05, 4.69) is 4.98 Å². The molecule has 3 nitrogen and oxygen atoms in total. The van der Waals surface area contributed by atoms with Gasteiger partial charge in [-0.2, -0.15) is 0 Å². The van der Waals surface area contributed by atoms with Gasteiger partial charge < -0.3 is 10.8 Å². The smallest absolute Gasteiger partial charge is 0.124 e. The first-order valence-electron chi connectivity index (χ1n) is 5.01. The van der Waals surface area contributed by atoms with Crippen molar-refractivity contribution in [3.8, 4) is 0 Å². The average Bonchev–Trinajstić information content (AvgIpc) is 2.66. The van der Waals surface area contributed by atoms with Crippen molar-refractivity contribution >= 4 is 17.0 Å². The van der Waals surface area contributed by atoms with Crippen molar-refractivity contribution in [1.29, 1.82) is 0 Å². The van der Waals surface area contributed by atoms with Crippen molar-refractivity contribution in [2.45, 2.75) is 19.4 Å². The van der Waals surface area contributed by atoms with Gasteiger partial charge in [-0.3, -0.25) is 4.98 Å². The van der Waals surface area contributed by atoms with Crippen LogP contribution in [0.4, 0.5) is 5.69 Å². The standard InChI is InChI=1S/C12H14N2OS/c1-8-3-4-11(16-8)12(2,15)9-7-14-6-5-10(9)13/h3-7,15H,1-2H3,(H2,13,14). The van der Waals surface area contributed by atoms with Gasteiger partial charge in [0.15, 0.2) is 0 Å². The Balaban J connectivity index is 2.50. The van der Waals surface area contributed by atoms with Crippen molar-refractivity contribution in [2.24, 2.45) is 0 Å². The fourth-order valence-electron chi connectivity index (χ4n) is 1.64. The molecule has 0 aliphatic heterocycles. The van der Waals surface area contributed by atoms with Crippen LogP contribution < -0.4 is 5.73 Å². The molecular formula is C12H14N2OS. The zero-order chi connectivity index (χ0) is 11.8. The zero-order valence-corrected chi connectivity index (χ0v) is 10.1. The molecule has 0 radical (unpaired) electrons. The minimum absolute atomic E-state index is 0.561. The highest BCUT2D eigenvalue weighted by Gasteiger charge is 2.29. The molecule has 0 aliphatic carbocycles. The Hall–Kier alpha value is -1.39. The number of hydrogen-bond acceptors (Lipinski definition) is 4. The molecule has 0 bridgehead atoms. The Morgan fingerprint density at radius 1 is 1.38 bits per heavy atom.